The quantitative estimate of drug-likeness (QED) is 0.475. The summed E-state index contributed by atoms with van der Waals surface area (Å²) in [4.78, 5) is 14.4. The predicted octanol–water partition coefficient (Wildman–Crippen LogP) is 5.27. The van der Waals surface area contributed by atoms with Gasteiger partial charge in [-0.15, -0.1) is 11.6 Å². The van der Waals surface area contributed by atoms with Gasteiger partial charge < -0.3 is 9.47 Å². The van der Waals surface area contributed by atoms with E-state index in [0.717, 1.165) is 30.8 Å². The summed E-state index contributed by atoms with van der Waals surface area (Å²) in [7, 11) is 0. The molecule has 2 unspecified atom stereocenters. The summed E-state index contributed by atoms with van der Waals surface area (Å²) >= 11 is 6.01. The summed E-state index contributed by atoms with van der Waals surface area (Å²) in [5.41, 5.74) is 1.26. The number of esters is 1. The van der Waals surface area contributed by atoms with Crippen molar-refractivity contribution >= 4 is 17.6 Å². The molecule has 0 N–H and O–H groups in total. The van der Waals surface area contributed by atoms with Gasteiger partial charge in [-0.2, -0.15) is 0 Å². The number of hydrogen-bond acceptors (Lipinski definition) is 4. The molecule has 1 heterocycles. The van der Waals surface area contributed by atoms with Gasteiger partial charge in [0.05, 0.1) is 12.2 Å². The Hall–Kier alpha value is -1.26. The number of nitrogens with zero attached hydrogens (tertiary/aromatic N) is 1. The third-order valence-corrected chi connectivity index (χ3v) is 4.94. The molecule has 148 valence electrons. The Kier molecular flexibility index (Phi) is 10.7. The van der Waals surface area contributed by atoms with Crippen LogP contribution < -0.4 is 4.74 Å². The van der Waals surface area contributed by atoms with Gasteiger partial charge in [-0.25, -0.2) is 4.79 Å². The molecule has 1 aromatic carbocycles. The van der Waals surface area contributed by atoms with Crippen LogP contribution in [0.1, 0.15) is 69.8 Å². The first-order valence-electron chi connectivity index (χ1n) is 9.87. The highest BCUT2D eigenvalue weighted by molar-refractivity contribution is 6.17. The molecule has 2 rings (SSSR count). The third-order valence-electron chi connectivity index (χ3n) is 4.65. The third kappa shape index (κ3) is 6.17. The highest BCUT2D eigenvalue weighted by Crippen LogP contribution is 2.25. The topological polar surface area (TPSA) is 38.8 Å². The Morgan fingerprint density at radius 1 is 1.31 bits per heavy atom. The number of benzene rings is 1. The van der Waals surface area contributed by atoms with Crippen molar-refractivity contribution in [3.8, 4) is 5.75 Å². The summed E-state index contributed by atoms with van der Waals surface area (Å²) in [5.74, 6) is 0.676. The molecule has 0 bridgehead atoms. The number of likely N-dealkylation sites (tertiary alicyclic amines) is 1. The van der Waals surface area contributed by atoms with Crippen LogP contribution >= 0.6 is 11.6 Å². The smallest absolute Gasteiger partial charge is 0.338 e. The van der Waals surface area contributed by atoms with Crippen LogP contribution in [0.25, 0.3) is 0 Å². The highest BCUT2D eigenvalue weighted by Gasteiger charge is 2.27. The lowest BCUT2D eigenvalue weighted by Crippen LogP contribution is -2.47. The van der Waals surface area contributed by atoms with Crippen LogP contribution in [-0.4, -0.2) is 42.7 Å². The largest absolute Gasteiger partial charge is 0.489 e. The molecule has 26 heavy (non-hydrogen) atoms. The Bertz CT molecular complexity index is 550. The standard InChI is InChI=1S/C19H28ClNO3.C2H6/c1-4-21-11-7-6-8-18(21)14(3)24-16-9-10-17(15(12-16)13-20)19(22)23-5-2;1-2/h9-10,12,14,18H,4-8,11,13H2,1-3H3;1-2H3. The van der Waals surface area contributed by atoms with Crippen LogP contribution in [0, 0.1) is 0 Å². The zero-order valence-electron chi connectivity index (χ0n) is 16.9. The van der Waals surface area contributed by atoms with Crippen molar-refractivity contribution in [2.75, 3.05) is 19.7 Å². The van der Waals surface area contributed by atoms with Crippen LogP contribution in [0.2, 0.25) is 0 Å². The normalized spacial score (nSPS) is 18.5. The Morgan fingerprint density at radius 3 is 2.65 bits per heavy atom. The van der Waals surface area contributed by atoms with Crippen molar-refractivity contribution in [3.63, 3.8) is 0 Å². The Labute approximate surface area is 163 Å². The van der Waals surface area contributed by atoms with Gasteiger partial charge in [-0.1, -0.05) is 27.2 Å². The monoisotopic (exact) mass is 383 g/mol. The van der Waals surface area contributed by atoms with E-state index in [-0.39, 0.29) is 18.0 Å². The number of hydrogen-bond donors (Lipinski definition) is 0. The van der Waals surface area contributed by atoms with E-state index in [4.69, 9.17) is 21.1 Å². The fourth-order valence-electron chi connectivity index (χ4n) is 3.40. The zero-order chi connectivity index (χ0) is 19.5. The summed E-state index contributed by atoms with van der Waals surface area (Å²) in [6.45, 7) is 12.7. The summed E-state index contributed by atoms with van der Waals surface area (Å²) < 4.78 is 11.2. The zero-order valence-corrected chi connectivity index (χ0v) is 17.6. The van der Waals surface area contributed by atoms with Crippen LogP contribution in [0.15, 0.2) is 18.2 Å². The molecule has 0 aromatic heterocycles. The molecule has 1 aliphatic heterocycles. The molecule has 1 aliphatic rings. The van der Waals surface area contributed by atoms with E-state index < -0.39 is 0 Å². The second-order valence-corrected chi connectivity index (χ2v) is 6.46. The molecule has 5 heteroatoms. The molecule has 1 aromatic rings. The molecule has 0 aliphatic carbocycles. The van der Waals surface area contributed by atoms with Gasteiger partial charge in [-0.3, -0.25) is 4.90 Å². The van der Waals surface area contributed by atoms with Gasteiger partial charge in [0, 0.05) is 11.9 Å². The van der Waals surface area contributed by atoms with Gasteiger partial charge in [0.15, 0.2) is 0 Å². The van der Waals surface area contributed by atoms with E-state index in [0.29, 0.717) is 18.2 Å². The first kappa shape index (κ1) is 22.8. The fourth-order valence-corrected chi connectivity index (χ4v) is 3.62. The summed E-state index contributed by atoms with van der Waals surface area (Å²) in [6, 6.07) is 5.87. The maximum absolute atomic E-state index is 12.0. The van der Waals surface area contributed by atoms with Crippen LogP contribution in [0.5, 0.6) is 5.75 Å². The van der Waals surface area contributed by atoms with Crippen molar-refractivity contribution in [2.24, 2.45) is 0 Å². The predicted molar refractivity (Wildman–Crippen MR) is 108 cm³/mol. The molecule has 1 saturated heterocycles. The summed E-state index contributed by atoms with van der Waals surface area (Å²) in [6.07, 6.45) is 3.78. The van der Waals surface area contributed by atoms with Crippen LogP contribution in [-0.2, 0) is 10.6 Å². The van der Waals surface area contributed by atoms with Crippen LogP contribution in [0.4, 0.5) is 0 Å². The maximum atomic E-state index is 12.0. The number of carbonyl (C=O) groups is 1. The number of rotatable bonds is 7. The number of carbonyl (C=O) groups excluding carboxylic acids is 1. The second-order valence-electron chi connectivity index (χ2n) is 6.19. The minimum atomic E-state index is -0.336. The van der Waals surface area contributed by atoms with Gasteiger partial charge in [0.25, 0.3) is 0 Å². The van der Waals surface area contributed by atoms with E-state index >= 15 is 0 Å². The first-order chi connectivity index (χ1) is 12.6. The van der Waals surface area contributed by atoms with E-state index in [9.17, 15) is 4.79 Å². The number of likely N-dealkylation sites (N-methyl/N-ethyl adjacent to an activating group) is 1. The molecule has 0 saturated carbocycles. The van der Waals surface area contributed by atoms with Gasteiger partial charge in [0.2, 0.25) is 0 Å². The second kappa shape index (κ2) is 12.2. The van der Waals surface area contributed by atoms with Crippen molar-refractivity contribution in [1.29, 1.82) is 0 Å². The lowest BCUT2D eigenvalue weighted by molar-refractivity contribution is 0.0521. The highest BCUT2D eigenvalue weighted by atomic mass is 35.5. The van der Waals surface area contributed by atoms with Gasteiger partial charge in [-0.05, 0) is 63.5 Å². The average molecular weight is 384 g/mol. The number of halogens is 1. The molecular formula is C21H34ClNO3. The molecule has 0 radical (unpaired) electrons. The van der Waals surface area contributed by atoms with Gasteiger partial charge >= 0.3 is 5.97 Å². The average Bonchev–Trinajstić information content (AvgIpc) is 2.69. The number of alkyl halides is 1. The van der Waals surface area contributed by atoms with E-state index in [1.165, 1.54) is 12.8 Å². The number of ether oxygens (including phenoxy) is 2. The lowest BCUT2D eigenvalue weighted by atomic mass is 9.98. The minimum absolute atomic E-state index is 0.0990. The fraction of sp³-hybridized carbons (Fsp3) is 0.667. The summed E-state index contributed by atoms with van der Waals surface area (Å²) in [5, 5.41) is 0. The SMILES string of the molecule is CC.CCOC(=O)c1ccc(OC(C)C2CCCCN2CC)cc1CCl. The minimum Gasteiger partial charge on any atom is -0.489 e. The Balaban J connectivity index is 0.00000163. The molecule has 1 fully saturated rings. The van der Waals surface area contributed by atoms with E-state index in [2.05, 4.69) is 18.7 Å². The van der Waals surface area contributed by atoms with Crippen molar-refractivity contribution < 1.29 is 14.3 Å². The lowest BCUT2D eigenvalue weighted by Gasteiger charge is -2.38. The molecule has 0 spiro atoms. The number of piperidine rings is 1. The Morgan fingerprint density at radius 2 is 2.04 bits per heavy atom. The molecular weight excluding hydrogens is 350 g/mol. The maximum Gasteiger partial charge on any atom is 0.338 e. The van der Waals surface area contributed by atoms with Crippen molar-refractivity contribution in [2.45, 2.75) is 71.9 Å². The first-order valence-corrected chi connectivity index (χ1v) is 10.4. The molecule has 2 atom stereocenters. The van der Waals surface area contributed by atoms with Crippen LogP contribution in [0.3, 0.4) is 0 Å². The van der Waals surface area contributed by atoms with Gasteiger partial charge in [0.1, 0.15) is 11.9 Å². The van der Waals surface area contributed by atoms with Crippen molar-refractivity contribution in [3.05, 3.63) is 29.3 Å². The van der Waals surface area contributed by atoms with E-state index in [1.807, 2.05) is 26.0 Å². The van der Waals surface area contributed by atoms with E-state index in [1.54, 1.807) is 13.0 Å². The molecule has 4 nitrogen and oxygen atoms in total. The molecule has 0 amide bonds. The van der Waals surface area contributed by atoms with Crippen molar-refractivity contribution in [1.82, 2.24) is 4.90 Å².